The number of carboxylic acid groups (broad SMARTS) is 1. The molecule has 3 heterocycles. The quantitative estimate of drug-likeness (QED) is 0.416. The third-order valence-electron chi connectivity index (χ3n) is 6.38. The number of pyridine rings is 2. The van der Waals surface area contributed by atoms with Crippen molar-refractivity contribution in [2.45, 2.75) is 25.2 Å². The molecular weight excluding hydrogens is 482 g/mol. The number of anilines is 2. The van der Waals surface area contributed by atoms with Crippen LogP contribution in [0, 0.1) is 0 Å². The van der Waals surface area contributed by atoms with Gasteiger partial charge >= 0.3 is 5.97 Å². The molecule has 186 valence electrons. The average Bonchev–Trinajstić information content (AvgIpc) is 2.84. The van der Waals surface area contributed by atoms with Gasteiger partial charge in [0.15, 0.2) is 0 Å². The van der Waals surface area contributed by atoms with Crippen molar-refractivity contribution in [3.63, 3.8) is 0 Å². The summed E-state index contributed by atoms with van der Waals surface area (Å²) in [5.74, 6) is -1.61. The molecule has 3 N–H and O–H groups in total. The first-order valence-corrected chi connectivity index (χ1v) is 11.8. The second-order valence-electron chi connectivity index (χ2n) is 8.97. The zero-order chi connectivity index (χ0) is 26.0. The van der Waals surface area contributed by atoms with E-state index >= 15 is 0 Å². The van der Waals surface area contributed by atoms with Crippen molar-refractivity contribution in [2.24, 2.45) is 0 Å². The molecule has 1 fully saturated rings. The van der Waals surface area contributed by atoms with Crippen LogP contribution in [0.2, 0.25) is 5.15 Å². The molecule has 10 heteroatoms. The van der Waals surface area contributed by atoms with Crippen molar-refractivity contribution in [1.29, 1.82) is 0 Å². The number of aromatic nitrogens is 2. The maximum atomic E-state index is 13.9. The SMILES string of the molecule is CNC(=O)c1cc(Cl)ncc1NC(=O)C1(c2ccccc2C(C)C)CN(c2ccc(C(=O)O)nc2)C1. The highest BCUT2D eigenvalue weighted by Gasteiger charge is 2.52. The highest BCUT2D eigenvalue weighted by atomic mass is 35.5. The monoisotopic (exact) mass is 507 g/mol. The first-order chi connectivity index (χ1) is 17.2. The second-order valence-corrected chi connectivity index (χ2v) is 9.36. The zero-order valence-corrected chi connectivity index (χ0v) is 20.8. The number of carbonyl (C=O) groups excluding carboxylic acids is 2. The topological polar surface area (TPSA) is 125 Å². The number of carboxylic acids is 1. The average molecular weight is 508 g/mol. The summed E-state index contributed by atoms with van der Waals surface area (Å²) in [4.78, 5) is 47.5. The fourth-order valence-electron chi connectivity index (χ4n) is 4.45. The number of aromatic carboxylic acids is 1. The van der Waals surface area contributed by atoms with Gasteiger partial charge in [0.05, 0.1) is 29.3 Å². The van der Waals surface area contributed by atoms with E-state index in [1.807, 2.05) is 29.2 Å². The number of benzene rings is 1. The van der Waals surface area contributed by atoms with E-state index < -0.39 is 17.3 Å². The van der Waals surface area contributed by atoms with Crippen LogP contribution >= 0.6 is 11.6 Å². The molecular formula is C26H26ClN5O4. The van der Waals surface area contributed by atoms with Gasteiger partial charge in [0.2, 0.25) is 5.91 Å². The first kappa shape index (κ1) is 25.1. The third kappa shape index (κ3) is 4.61. The molecule has 1 saturated heterocycles. The van der Waals surface area contributed by atoms with Gasteiger partial charge in [-0.15, -0.1) is 0 Å². The molecule has 0 atom stereocenters. The van der Waals surface area contributed by atoms with E-state index in [0.717, 1.165) is 11.1 Å². The number of hydrogen-bond acceptors (Lipinski definition) is 6. The summed E-state index contributed by atoms with van der Waals surface area (Å²) < 4.78 is 0. The fraction of sp³-hybridized carbons (Fsp3) is 0.269. The Balaban J connectivity index is 1.71. The summed E-state index contributed by atoms with van der Waals surface area (Å²) in [6.07, 6.45) is 2.87. The van der Waals surface area contributed by atoms with Crippen molar-refractivity contribution in [1.82, 2.24) is 15.3 Å². The van der Waals surface area contributed by atoms with Gasteiger partial charge in [-0.3, -0.25) is 9.59 Å². The summed E-state index contributed by atoms with van der Waals surface area (Å²) in [6.45, 7) is 4.82. The Morgan fingerprint density at radius 2 is 1.81 bits per heavy atom. The fourth-order valence-corrected chi connectivity index (χ4v) is 4.61. The molecule has 0 radical (unpaired) electrons. The van der Waals surface area contributed by atoms with Crippen LogP contribution < -0.4 is 15.5 Å². The van der Waals surface area contributed by atoms with Gasteiger partial charge in [-0.2, -0.15) is 0 Å². The number of nitrogens with one attached hydrogen (secondary N) is 2. The van der Waals surface area contributed by atoms with E-state index in [1.165, 1.54) is 31.6 Å². The number of halogens is 1. The number of nitrogens with zero attached hydrogens (tertiary/aromatic N) is 3. The lowest BCUT2D eigenvalue weighted by molar-refractivity contribution is -0.122. The van der Waals surface area contributed by atoms with Crippen LogP contribution in [0.4, 0.5) is 11.4 Å². The third-order valence-corrected chi connectivity index (χ3v) is 6.58. The Hall–Kier alpha value is -3.98. The molecule has 9 nitrogen and oxygen atoms in total. The van der Waals surface area contributed by atoms with Crippen LogP contribution in [-0.2, 0) is 10.2 Å². The molecule has 2 amide bonds. The molecule has 0 unspecified atom stereocenters. The van der Waals surface area contributed by atoms with Gasteiger partial charge in [0.25, 0.3) is 5.91 Å². The van der Waals surface area contributed by atoms with Crippen LogP contribution in [0.3, 0.4) is 0 Å². The number of rotatable bonds is 7. The molecule has 3 aromatic rings. The predicted molar refractivity (Wildman–Crippen MR) is 137 cm³/mol. The number of amides is 2. The predicted octanol–water partition coefficient (Wildman–Crippen LogP) is 3.71. The van der Waals surface area contributed by atoms with E-state index in [1.54, 1.807) is 6.07 Å². The van der Waals surface area contributed by atoms with Gasteiger partial charge < -0.3 is 20.6 Å². The molecule has 0 spiro atoms. The van der Waals surface area contributed by atoms with Gasteiger partial charge in [-0.05, 0) is 35.2 Å². The summed E-state index contributed by atoms with van der Waals surface area (Å²) in [7, 11) is 1.50. The summed E-state index contributed by atoms with van der Waals surface area (Å²) in [5.41, 5.74) is 2.15. The Labute approximate surface area is 213 Å². The minimum atomic E-state index is -1.10. The Morgan fingerprint density at radius 1 is 1.08 bits per heavy atom. The molecule has 1 aromatic carbocycles. The number of hydrogen-bond donors (Lipinski definition) is 3. The molecule has 0 aliphatic carbocycles. The summed E-state index contributed by atoms with van der Waals surface area (Å²) in [5, 5.41) is 14.7. The molecule has 0 saturated carbocycles. The lowest BCUT2D eigenvalue weighted by Crippen LogP contribution is -2.65. The lowest BCUT2D eigenvalue weighted by atomic mass is 9.69. The minimum Gasteiger partial charge on any atom is -0.477 e. The highest BCUT2D eigenvalue weighted by Crippen LogP contribution is 2.42. The molecule has 36 heavy (non-hydrogen) atoms. The van der Waals surface area contributed by atoms with Crippen molar-refractivity contribution in [2.75, 3.05) is 30.4 Å². The Bertz CT molecular complexity index is 1320. The molecule has 1 aliphatic heterocycles. The molecule has 2 aromatic heterocycles. The van der Waals surface area contributed by atoms with Crippen LogP contribution in [0.5, 0.6) is 0 Å². The number of carbonyl (C=O) groups is 3. The van der Waals surface area contributed by atoms with Crippen LogP contribution in [-0.4, -0.2) is 53.0 Å². The van der Waals surface area contributed by atoms with E-state index in [2.05, 4.69) is 34.4 Å². The van der Waals surface area contributed by atoms with Crippen molar-refractivity contribution < 1.29 is 19.5 Å². The Kier molecular flexibility index (Phi) is 6.94. The maximum absolute atomic E-state index is 13.9. The minimum absolute atomic E-state index is 0.0506. The van der Waals surface area contributed by atoms with E-state index in [0.29, 0.717) is 18.8 Å². The van der Waals surface area contributed by atoms with Crippen LogP contribution in [0.25, 0.3) is 0 Å². The standard InChI is InChI=1S/C26H26ClN5O4/c1-15(2)17-6-4-5-7-19(17)26(13-32(14-26)16-8-9-20(24(34)35)29-11-16)25(36)31-21-12-30-22(27)10-18(21)23(33)28-3/h4-12,15H,13-14H2,1-3H3,(H,28,33)(H,31,36)(H,34,35). The second kappa shape index (κ2) is 9.94. The normalized spacial score (nSPS) is 14.2. The molecule has 1 aliphatic rings. The maximum Gasteiger partial charge on any atom is 0.354 e. The first-order valence-electron chi connectivity index (χ1n) is 11.4. The van der Waals surface area contributed by atoms with Crippen LogP contribution in [0.15, 0.2) is 54.9 Å². The molecule has 0 bridgehead atoms. The van der Waals surface area contributed by atoms with Crippen molar-refractivity contribution >= 4 is 40.8 Å². The molecule has 4 rings (SSSR count). The lowest BCUT2D eigenvalue weighted by Gasteiger charge is -2.51. The largest absolute Gasteiger partial charge is 0.477 e. The summed E-state index contributed by atoms with van der Waals surface area (Å²) in [6, 6.07) is 12.4. The Morgan fingerprint density at radius 3 is 2.42 bits per heavy atom. The summed E-state index contributed by atoms with van der Waals surface area (Å²) >= 11 is 6.00. The smallest absolute Gasteiger partial charge is 0.354 e. The highest BCUT2D eigenvalue weighted by molar-refractivity contribution is 6.30. The van der Waals surface area contributed by atoms with Crippen molar-refractivity contribution in [3.8, 4) is 0 Å². The van der Waals surface area contributed by atoms with Gasteiger partial charge in [0.1, 0.15) is 16.3 Å². The van der Waals surface area contributed by atoms with Gasteiger partial charge in [-0.1, -0.05) is 49.7 Å². The van der Waals surface area contributed by atoms with E-state index in [4.69, 9.17) is 16.7 Å². The van der Waals surface area contributed by atoms with Crippen LogP contribution in [0.1, 0.15) is 51.7 Å². The van der Waals surface area contributed by atoms with E-state index in [-0.39, 0.29) is 33.9 Å². The van der Waals surface area contributed by atoms with Crippen molar-refractivity contribution in [3.05, 3.63) is 82.4 Å². The van der Waals surface area contributed by atoms with Gasteiger partial charge in [-0.25, -0.2) is 14.8 Å². The van der Waals surface area contributed by atoms with Gasteiger partial charge in [0, 0.05) is 20.1 Å². The van der Waals surface area contributed by atoms with E-state index in [9.17, 15) is 14.4 Å². The zero-order valence-electron chi connectivity index (χ0n) is 20.1.